The van der Waals surface area contributed by atoms with Crippen LogP contribution >= 0.6 is 0 Å². The monoisotopic (exact) mass is 655 g/mol. The van der Waals surface area contributed by atoms with Crippen LogP contribution in [0.4, 0.5) is 5.69 Å². The molecule has 5 rings (SSSR count). The highest BCUT2D eigenvalue weighted by molar-refractivity contribution is 5.86. The number of hydrogen-bond donors (Lipinski definition) is 3. The molecule has 0 aliphatic heterocycles. The molecule has 0 spiro atoms. The van der Waals surface area contributed by atoms with Gasteiger partial charge in [0.15, 0.2) is 11.5 Å². The standard InChI is InChI=1S/C37H45N5O6/c1-8-21(2)34(37(45)38-18-17-32-40-27-11-9-10-12-29(27)42(32)4)41-28-16-14-24-25(20-30(28)44)26(39-22(3)43)15-13-23-19-31(46-5)35(47-6)36(48-7)33(23)24/h9-12,14,16,19-21,26,34H,8,13,15,17-18H2,1-7H3,(H,38,45)(H,39,43)(H,41,44)/t21-,26+,34-/m0/s1. The molecule has 1 aliphatic carbocycles. The van der Waals surface area contributed by atoms with Crippen molar-refractivity contribution in [3.63, 3.8) is 0 Å². The van der Waals surface area contributed by atoms with Crippen LogP contribution in [-0.2, 0) is 29.5 Å². The van der Waals surface area contributed by atoms with Crippen molar-refractivity contribution in [2.24, 2.45) is 13.0 Å². The molecule has 4 aromatic rings. The lowest BCUT2D eigenvalue weighted by molar-refractivity contribution is -0.123. The first-order valence-corrected chi connectivity index (χ1v) is 16.3. The summed E-state index contributed by atoms with van der Waals surface area (Å²) in [4.78, 5) is 44.6. The molecule has 0 fully saturated rings. The van der Waals surface area contributed by atoms with E-state index in [1.54, 1.807) is 33.5 Å². The Labute approximate surface area is 281 Å². The number of para-hydroxylation sites is 2. The molecule has 0 saturated heterocycles. The molecule has 11 nitrogen and oxygen atoms in total. The van der Waals surface area contributed by atoms with Crippen LogP contribution in [0.5, 0.6) is 17.2 Å². The molecule has 3 aromatic carbocycles. The molecule has 1 heterocycles. The molecule has 2 amide bonds. The number of benzene rings is 2. The number of aryl methyl sites for hydroxylation is 2. The van der Waals surface area contributed by atoms with Crippen LogP contribution in [0.15, 0.2) is 53.3 Å². The smallest absolute Gasteiger partial charge is 0.242 e. The molecule has 1 aromatic heterocycles. The van der Waals surface area contributed by atoms with Crippen molar-refractivity contribution in [3.05, 3.63) is 75.7 Å². The summed E-state index contributed by atoms with van der Waals surface area (Å²) in [6.07, 6.45) is 2.42. The summed E-state index contributed by atoms with van der Waals surface area (Å²) < 4.78 is 19.2. The summed E-state index contributed by atoms with van der Waals surface area (Å²) in [7, 11) is 6.65. The largest absolute Gasteiger partial charge is 0.493 e. The number of anilines is 1. The lowest BCUT2D eigenvalue weighted by Gasteiger charge is -2.24. The molecule has 0 radical (unpaired) electrons. The van der Waals surface area contributed by atoms with Gasteiger partial charge in [0.25, 0.3) is 0 Å². The van der Waals surface area contributed by atoms with Crippen LogP contribution in [-0.4, -0.2) is 55.3 Å². The maximum Gasteiger partial charge on any atom is 0.242 e. The molecular weight excluding hydrogens is 610 g/mol. The number of fused-ring (bicyclic) bond motifs is 4. The highest BCUT2D eigenvalue weighted by atomic mass is 16.5. The van der Waals surface area contributed by atoms with Gasteiger partial charge in [-0.25, -0.2) is 4.98 Å². The van der Waals surface area contributed by atoms with Crippen molar-refractivity contribution >= 4 is 28.5 Å². The molecule has 3 atom stereocenters. The van der Waals surface area contributed by atoms with Crippen molar-refractivity contribution in [3.8, 4) is 28.4 Å². The fraction of sp³-hybridized carbons (Fsp3) is 0.405. The molecule has 1 aliphatic rings. The van der Waals surface area contributed by atoms with E-state index in [4.69, 9.17) is 19.2 Å². The maximum atomic E-state index is 13.9. The quantitative estimate of drug-likeness (QED) is 0.196. The Kier molecular flexibility index (Phi) is 10.6. The van der Waals surface area contributed by atoms with Gasteiger partial charge in [0, 0.05) is 32.5 Å². The third-order valence-electron chi connectivity index (χ3n) is 9.25. The minimum atomic E-state index is -0.664. The third kappa shape index (κ3) is 6.81. The molecule has 0 unspecified atom stereocenters. The number of nitrogens with zero attached hydrogens (tertiary/aromatic N) is 2. The minimum absolute atomic E-state index is 0.0758. The Morgan fingerprint density at radius 2 is 1.79 bits per heavy atom. The SMILES string of the molecule is CC[C@H](C)[C@H](Nc1ccc2c(cc1=O)[C@H](NC(C)=O)CCc1cc(OC)c(OC)c(OC)c1-2)C(=O)NCCc1nc2ccccc2n1C. The number of carbonyl (C=O) groups excluding carboxylic acids is 2. The van der Waals surface area contributed by atoms with Crippen LogP contribution in [0.2, 0.25) is 0 Å². The van der Waals surface area contributed by atoms with Gasteiger partial charge in [-0.15, -0.1) is 0 Å². The number of ether oxygens (including phenoxy) is 3. The summed E-state index contributed by atoms with van der Waals surface area (Å²) in [5.74, 6) is 1.83. The third-order valence-corrected chi connectivity index (χ3v) is 9.25. The van der Waals surface area contributed by atoms with Gasteiger partial charge >= 0.3 is 0 Å². The number of methoxy groups -OCH3 is 3. The zero-order valence-corrected chi connectivity index (χ0v) is 28.7. The first-order chi connectivity index (χ1) is 23.1. The minimum Gasteiger partial charge on any atom is -0.493 e. The summed E-state index contributed by atoms with van der Waals surface area (Å²) in [5.41, 5.74) is 5.00. The second kappa shape index (κ2) is 14.8. The lowest BCUT2D eigenvalue weighted by atomic mass is 9.95. The molecular formula is C37H45N5O6. The fourth-order valence-electron chi connectivity index (χ4n) is 6.52. The van der Waals surface area contributed by atoms with Crippen molar-refractivity contribution in [2.75, 3.05) is 33.2 Å². The number of carbonyl (C=O) groups is 2. The van der Waals surface area contributed by atoms with Crippen LogP contribution < -0.4 is 35.6 Å². The fourth-order valence-corrected chi connectivity index (χ4v) is 6.52. The Hall–Kier alpha value is -5.06. The predicted molar refractivity (Wildman–Crippen MR) is 187 cm³/mol. The van der Waals surface area contributed by atoms with Crippen LogP contribution in [0, 0.1) is 5.92 Å². The van der Waals surface area contributed by atoms with Gasteiger partial charge < -0.3 is 34.7 Å². The van der Waals surface area contributed by atoms with E-state index in [2.05, 4.69) is 16.0 Å². The van der Waals surface area contributed by atoms with Gasteiger partial charge in [0.05, 0.1) is 44.1 Å². The summed E-state index contributed by atoms with van der Waals surface area (Å²) in [6, 6.07) is 13.9. The highest BCUT2D eigenvalue weighted by Crippen LogP contribution is 2.50. The van der Waals surface area contributed by atoms with Gasteiger partial charge in [-0.05, 0) is 65.8 Å². The van der Waals surface area contributed by atoms with E-state index in [0.717, 1.165) is 40.0 Å². The first kappa shape index (κ1) is 34.3. The molecule has 11 heteroatoms. The highest BCUT2D eigenvalue weighted by Gasteiger charge is 2.30. The number of nitrogens with one attached hydrogen (secondary N) is 3. The predicted octanol–water partition coefficient (Wildman–Crippen LogP) is 4.94. The van der Waals surface area contributed by atoms with Crippen molar-refractivity contribution in [1.29, 1.82) is 0 Å². The summed E-state index contributed by atoms with van der Waals surface area (Å²) in [5, 5.41) is 9.37. The number of hydrogen-bond acceptors (Lipinski definition) is 8. The van der Waals surface area contributed by atoms with Gasteiger partial charge in [-0.2, -0.15) is 0 Å². The summed E-state index contributed by atoms with van der Waals surface area (Å²) >= 11 is 0. The zero-order chi connectivity index (χ0) is 34.5. The Balaban J connectivity index is 1.50. The molecule has 48 heavy (non-hydrogen) atoms. The van der Waals surface area contributed by atoms with Gasteiger partial charge in [-0.1, -0.05) is 38.5 Å². The van der Waals surface area contributed by atoms with E-state index in [1.165, 1.54) is 6.92 Å². The topological polar surface area (TPSA) is 133 Å². The summed E-state index contributed by atoms with van der Waals surface area (Å²) in [6.45, 7) is 5.86. The number of amides is 2. The van der Waals surface area contributed by atoms with Crippen LogP contribution in [0.3, 0.4) is 0 Å². The molecule has 254 valence electrons. The van der Waals surface area contributed by atoms with E-state index >= 15 is 0 Å². The number of aromatic nitrogens is 2. The lowest BCUT2D eigenvalue weighted by Crippen LogP contribution is -2.45. The maximum absolute atomic E-state index is 13.9. The van der Waals surface area contributed by atoms with E-state index < -0.39 is 12.1 Å². The van der Waals surface area contributed by atoms with E-state index in [-0.39, 0.29) is 28.8 Å². The average molecular weight is 656 g/mol. The number of imidazole rings is 1. The van der Waals surface area contributed by atoms with Crippen LogP contribution in [0.1, 0.15) is 56.6 Å². The zero-order valence-electron chi connectivity index (χ0n) is 28.7. The Bertz CT molecular complexity index is 1890. The normalized spacial score (nSPS) is 14.9. The van der Waals surface area contributed by atoms with E-state index in [0.29, 0.717) is 48.6 Å². The van der Waals surface area contributed by atoms with Crippen molar-refractivity contribution < 1.29 is 23.8 Å². The van der Waals surface area contributed by atoms with E-state index in [1.807, 2.05) is 61.9 Å². The van der Waals surface area contributed by atoms with Gasteiger partial charge in [0.1, 0.15) is 11.9 Å². The molecule has 0 bridgehead atoms. The molecule has 3 N–H and O–H groups in total. The molecule has 0 saturated carbocycles. The van der Waals surface area contributed by atoms with Gasteiger partial charge in [-0.3, -0.25) is 14.4 Å². The Morgan fingerprint density at radius 3 is 2.46 bits per heavy atom. The van der Waals surface area contributed by atoms with Crippen molar-refractivity contribution in [1.82, 2.24) is 20.2 Å². The van der Waals surface area contributed by atoms with Gasteiger partial charge in [0.2, 0.25) is 23.0 Å². The second-order valence-corrected chi connectivity index (χ2v) is 12.2. The van der Waals surface area contributed by atoms with E-state index in [9.17, 15) is 14.4 Å². The second-order valence-electron chi connectivity index (χ2n) is 12.2. The first-order valence-electron chi connectivity index (χ1n) is 16.3. The van der Waals surface area contributed by atoms with Crippen molar-refractivity contribution in [2.45, 2.75) is 58.5 Å². The van der Waals surface area contributed by atoms with Crippen LogP contribution in [0.25, 0.3) is 22.2 Å². The number of rotatable bonds is 12. The Morgan fingerprint density at radius 1 is 1.04 bits per heavy atom. The average Bonchev–Trinajstić information content (AvgIpc) is 3.21.